The van der Waals surface area contributed by atoms with Gasteiger partial charge in [-0.1, -0.05) is 18.2 Å². The monoisotopic (exact) mass is 276 g/mol. The van der Waals surface area contributed by atoms with Crippen LogP contribution in [0, 0.1) is 15.9 Å². The van der Waals surface area contributed by atoms with Crippen molar-refractivity contribution < 1.29 is 14.1 Å². The molecule has 0 saturated carbocycles. The lowest BCUT2D eigenvalue weighted by Crippen LogP contribution is -2.04. The number of benzene rings is 2. The van der Waals surface area contributed by atoms with Gasteiger partial charge in [-0.15, -0.1) is 0 Å². The highest BCUT2D eigenvalue weighted by atomic mass is 19.1. The Morgan fingerprint density at radius 3 is 2.70 bits per heavy atom. The fourth-order valence-electron chi connectivity index (χ4n) is 1.86. The van der Waals surface area contributed by atoms with Crippen molar-refractivity contribution in [3.8, 4) is 5.75 Å². The Labute approximate surface area is 115 Å². The number of ether oxygens (including phenoxy) is 1. The summed E-state index contributed by atoms with van der Waals surface area (Å²) in [7, 11) is 1.37. The second-order valence-corrected chi connectivity index (χ2v) is 4.10. The number of nitro benzene ring substituents is 1. The van der Waals surface area contributed by atoms with Crippen LogP contribution in [0.3, 0.4) is 0 Å². The van der Waals surface area contributed by atoms with E-state index in [1.807, 2.05) is 0 Å². The molecule has 20 heavy (non-hydrogen) atoms. The first-order valence-electron chi connectivity index (χ1n) is 5.91. The smallest absolute Gasteiger partial charge is 0.333 e. The molecule has 6 heteroatoms. The summed E-state index contributed by atoms with van der Waals surface area (Å²) >= 11 is 0. The minimum absolute atomic E-state index is 0.133. The molecule has 0 aliphatic heterocycles. The first-order chi connectivity index (χ1) is 9.61. The van der Waals surface area contributed by atoms with Crippen molar-refractivity contribution in [2.45, 2.75) is 6.54 Å². The van der Waals surface area contributed by atoms with E-state index in [1.165, 1.54) is 25.3 Å². The maximum Gasteiger partial charge on any atom is 0.333 e. The summed E-state index contributed by atoms with van der Waals surface area (Å²) in [6.45, 7) is 0.283. The van der Waals surface area contributed by atoms with Crippen LogP contribution in [0.25, 0.3) is 0 Å². The largest absolute Gasteiger partial charge is 0.490 e. The molecule has 0 amide bonds. The lowest BCUT2D eigenvalue weighted by Gasteiger charge is -2.09. The Kier molecular flexibility index (Phi) is 4.14. The van der Waals surface area contributed by atoms with Crippen LogP contribution in [-0.4, -0.2) is 12.0 Å². The van der Waals surface area contributed by atoms with Gasteiger partial charge in [0.15, 0.2) is 5.75 Å². The number of nitrogens with one attached hydrogen (secondary N) is 1. The number of hydrogen-bond donors (Lipinski definition) is 1. The number of nitrogens with zero attached hydrogens (tertiary/aromatic N) is 1. The molecule has 1 N–H and O–H groups in total. The van der Waals surface area contributed by atoms with Gasteiger partial charge in [0.05, 0.1) is 12.0 Å². The van der Waals surface area contributed by atoms with Gasteiger partial charge >= 0.3 is 5.69 Å². The molecule has 0 bridgehead atoms. The molecule has 0 saturated heterocycles. The summed E-state index contributed by atoms with van der Waals surface area (Å²) < 4.78 is 18.0. The summed E-state index contributed by atoms with van der Waals surface area (Å²) in [6, 6.07) is 10.8. The zero-order chi connectivity index (χ0) is 14.5. The van der Waals surface area contributed by atoms with Crippen molar-refractivity contribution in [2.24, 2.45) is 0 Å². The minimum Gasteiger partial charge on any atom is -0.490 e. The van der Waals surface area contributed by atoms with Crippen LogP contribution < -0.4 is 10.1 Å². The second kappa shape index (κ2) is 6.01. The molecular formula is C14H13FN2O3. The lowest BCUT2D eigenvalue weighted by atomic mass is 10.2. The number of anilines is 1. The van der Waals surface area contributed by atoms with E-state index < -0.39 is 4.92 Å². The molecule has 0 aromatic heterocycles. The minimum atomic E-state index is -0.507. The lowest BCUT2D eigenvalue weighted by molar-refractivity contribution is -0.384. The van der Waals surface area contributed by atoms with Crippen LogP contribution in [0.15, 0.2) is 42.5 Å². The van der Waals surface area contributed by atoms with Crippen molar-refractivity contribution in [1.29, 1.82) is 0 Å². The molecule has 0 unspecified atom stereocenters. The first-order valence-corrected chi connectivity index (χ1v) is 5.91. The van der Waals surface area contributed by atoms with Gasteiger partial charge in [-0.25, -0.2) is 4.39 Å². The Morgan fingerprint density at radius 1 is 1.30 bits per heavy atom. The van der Waals surface area contributed by atoms with E-state index in [9.17, 15) is 14.5 Å². The van der Waals surface area contributed by atoms with E-state index in [0.717, 1.165) is 0 Å². The van der Waals surface area contributed by atoms with Gasteiger partial charge in [0.25, 0.3) is 0 Å². The molecule has 0 heterocycles. The summed E-state index contributed by atoms with van der Waals surface area (Å²) in [5, 5.41) is 14.0. The summed E-state index contributed by atoms with van der Waals surface area (Å²) in [5.74, 6) is -0.163. The van der Waals surface area contributed by atoms with E-state index in [0.29, 0.717) is 11.3 Å². The summed E-state index contributed by atoms with van der Waals surface area (Å²) in [5.41, 5.74) is 0.895. The van der Waals surface area contributed by atoms with Gasteiger partial charge in [0.2, 0.25) is 0 Å². The Morgan fingerprint density at radius 2 is 2.05 bits per heavy atom. The van der Waals surface area contributed by atoms with Gasteiger partial charge in [-0.3, -0.25) is 10.1 Å². The molecule has 0 aliphatic carbocycles. The molecule has 5 nitrogen and oxygen atoms in total. The molecule has 0 spiro atoms. The molecule has 2 aromatic rings. The van der Waals surface area contributed by atoms with Crippen LogP contribution in [0.4, 0.5) is 15.8 Å². The Balaban J connectivity index is 2.23. The van der Waals surface area contributed by atoms with E-state index in [2.05, 4.69) is 5.32 Å². The van der Waals surface area contributed by atoms with Crippen molar-refractivity contribution >= 4 is 11.4 Å². The fourth-order valence-corrected chi connectivity index (χ4v) is 1.86. The molecule has 0 fully saturated rings. The van der Waals surface area contributed by atoms with Crippen LogP contribution >= 0.6 is 0 Å². The Bertz CT molecular complexity index is 632. The van der Waals surface area contributed by atoms with Gasteiger partial charge in [-0.2, -0.15) is 0 Å². The number of methoxy groups -OCH3 is 1. The highest BCUT2D eigenvalue weighted by Gasteiger charge is 2.20. The van der Waals surface area contributed by atoms with Crippen molar-refractivity contribution in [2.75, 3.05) is 12.4 Å². The fraction of sp³-hybridized carbons (Fsp3) is 0.143. The third-order valence-electron chi connectivity index (χ3n) is 2.77. The quantitative estimate of drug-likeness (QED) is 0.671. The number of halogens is 1. The highest BCUT2D eigenvalue weighted by molar-refractivity contribution is 5.68. The predicted molar refractivity (Wildman–Crippen MR) is 73.4 cm³/mol. The number of nitro groups is 1. The molecule has 2 rings (SSSR count). The third-order valence-corrected chi connectivity index (χ3v) is 2.77. The number of hydrogen-bond acceptors (Lipinski definition) is 4. The maximum atomic E-state index is 13.1. The normalized spacial score (nSPS) is 10.1. The van der Waals surface area contributed by atoms with Crippen molar-refractivity contribution in [3.05, 3.63) is 64.0 Å². The average molecular weight is 276 g/mol. The topological polar surface area (TPSA) is 64.4 Å². The highest BCUT2D eigenvalue weighted by Crippen LogP contribution is 2.34. The van der Waals surface area contributed by atoms with E-state index in [1.54, 1.807) is 24.3 Å². The molecular weight excluding hydrogens is 263 g/mol. The van der Waals surface area contributed by atoms with E-state index in [-0.39, 0.29) is 23.8 Å². The summed E-state index contributed by atoms with van der Waals surface area (Å²) in [6.07, 6.45) is 0. The number of rotatable bonds is 5. The van der Waals surface area contributed by atoms with Crippen molar-refractivity contribution in [3.63, 3.8) is 0 Å². The molecule has 2 aromatic carbocycles. The van der Waals surface area contributed by atoms with Gasteiger partial charge in [0, 0.05) is 6.54 Å². The third kappa shape index (κ3) is 3.03. The van der Waals surface area contributed by atoms with Crippen molar-refractivity contribution in [1.82, 2.24) is 0 Å². The van der Waals surface area contributed by atoms with Crippen LogP contribution in [0.2, 0.25) is 0 Å². The van der Waals surface area contributed by atoms with Gasteiger partial charge in [-0.05, 0) is 29.8 Å². The van der Waals surface area contributed by atoms with Gasteiger partial charge in [0.1, 0.15) is 11.5 Å². The van der Waals surface area contributed by atoms with Crippen LogP contribution in [0.5, 0.6) is 5.75 Å². The summed E-state index contributed by atoms with van der Waals surface area (Å²) in [4.78, 5) is 10.6. The van der Waals surface area contributed by atoms with Gasteiger partial charge < -0.3 is 10.1 Å². The van der Waals surface area contributed by atoms with E-state index in [4.69, 9.17) is 4.74 Å². The molecule has 0 atom stereocenters. The van der Waals surface area contributed by atoms with Crippen LogP contribution in [0.1, 0.15) is 5.56 Å². The average Bonchev–Trinajstić information content (AvgIpc) is 2.44. The molecule has 0 aliphatic rings. The zero-order valence-corrected chi connectivity index (χ0v) is 10.8. The van der Waals surface area contributed by atoms with Crippen LogP contribution in [-0.2, 0) is 6.54 Å². The SMILES string of the molecule is COc1cccc(NCc2cccc(F)c2)c1[N+](=O)[O-]. The second-order valence-electron chi connectivity index (χ2n) is 4.10. The first kappa shape index (κ1) is 13.8. The molecule has 104 valence electrons. The molecule has 0 radical (unpaired) electrons. The standard InChI is InChI=1S/C14H13FN2O3/c1-20-13-7-3-6-12(14(13)17(18)19)16-9-10-4-2-5-11(15)8-10/h2-8,16H,9H2,1H3. The Hall–Kier alpha value is -2.63. The van der Waals surface area contributed by atoms with E-state index >= 15 is 0 Å². The maximum absolute atomic E-state index is 13.1. The predicted octanol–water partition coefficient (Wildman–Crippen LogP) is 3.35. The zero-order valence-electron chi connectivity index (χ0n) is 10.8. The number of para-hydroxylation sites is 1.